The van der Waals surface area contributed by atoms with Gasteiger partial charge in [-0.05, 0) is 60.0 Å². The maximum atomic E-state index is 11.8. The molecule has 3 N–H and O–H groups in total. The third kappa shape index (κ3) is 4.93. The number of ketones is 1. The lowest BCUT2D eigenvalue weighted by Crippen LogP contribution is -2.12. The van der Waals surface area contributed by atoms with Crippen LogP contribution in [-0.2, 0) is 13.1 Å². The van der Waals surface area contributed by atoms with Gasteiger partial charge in [-0.2, -0.15) is 5.10 Å². The fourth-order valence-electron chi connectivity index (χ4n) is 4.96. The van der Waals surface area contributed by atoms with Crippen LogP contribution in [0.1, 0.15) is 27.7 Å². The van der Waals surface area contributed by atoms with Gasteiger partial charge in [0.2, 0.25) is 0 Å². The Balaban J connectivity index is 1.19. The van der Waals surface area contributed by atoms with E-state index < -0.39 is 0 Å². The van der Waals surface area contributed by atoms with Gasteiger partial charge in [0.1, 0.15) is 5.69 Å². The van der Waals surface area contributed by atoms with Crippen LogP contribution in [0.15, 0.2) is 91.4 Å². The van der Waals surface area contributed by atoms with Gasteiger partial charge in [0.05, 0.1) is 15.9 Å². The summed E-state index contributed by atoms with van der Waals surface area (Å²) in [5, 5.41) is 12.2. The lowest BCUT2D eigenvalue weighted by molar-refractivity contribution is 0.102. The second-order valence-corrected chi connectivity index (χ2v) is 10.9. The lowest BCUT2D eigenvalue weighted by atomic mass is 10.0. The van der Waals surface area contributed by atoms with E-state index in [1.165, 1.54) is 16.9 Å². The van der Waals surface area contributed by atoms with Crippen molar-refractivity contribution in [3.05, 3.63) is 107 Å². The maximum absolute atomic E-state index is 11.8. The summed E-state index contributed by atoms with van der Waals surface area (Å²) in [6.07, 6.45) is 5.52. The molecule has 0 aliphatic carbocycles. The summed E-state index contributed by atoms with van der Waals surface area (Å²) >= 11 is 1.47. The number of rotatable bonds is 8. The summed E-state index contributed by atoms with van der Waals surface area (Å²) in [5.41, 5.74) is 8.44. The first-order valence-electron chi connectivity index (χ1n) is 13.3. The molecule has 7 aromatic rings. The van der Waals surface area contributed by atoms with Gasteiger partial charge in [0, 0.05) is 53.1 Å². The van der Waals surface area contributed by atoms with Gasteiger partial charge in [-0.1, -0.05) is 36.4 Å². The number of aromatic amines is 2. The highest BCUT2D eigenvalue weighted by molar-refractivity contribution is 7.17. The number of thiophene rings is 1. The molecule has 0 amide bonds. The van der Waals surface area contributed by atoms with E-state index in [0.717, 1.165) is 67.2 Å². The Morgan fingerprint density at radius 3 is 2.66 bits per heavy atom. The van der Waals surface area contributed by atoms with Crippen molar-refractivity contribution in [3.63, 3.8) is 0 Å². The van der Waals surface area contributed by atoms with Gasteiger partial charge in [-0.15, -0.1) is 11.3 Å². The van der Waals surface area contributed by atoms with Gasteiger partial charge < -0.3 is 10.3 Å². The maximum Gasteiger partial charge on any atom is 0.178 e. The Morgan fingerprint density at radius 1 is 0.927 bits per heavy atom. The van der Waals surface area contributed by atoms with Crippen LogP contribution < -0.4 is 5.32 Å². The number of nitrogens with zero attached hydrogens (tertiary/aromatic N) is 4. The molecule has 8 nitrogen and oxygen atoms in total. The van der Waals surface area contributed by atoms with Crippen molar-refractivity contribution in [1.29, 1.82) is 0 Å². The van der Waals surface area contributed by atoms with E-state index in [1.807, 2.05) is 42.7 Å². The van der Waals surface area contributed by atoms with Crippen LogP contribution in [0.3, 0.4) is 0 Å². The van der Waals surface area contributed by atoms with Crippen LogP contribution in [-0.4, -0.2) is 35.9 Å². The zero-order valence-electron chi connectivity index (χ0n) is 22.2. The third-order valence-electron chi connectivity index (χ3n) is 7.03. The quantitative estimate of drug-likeness (QED) is 0.178. The fraction of sp³-hybridized carbons (Fsp3) is 0.0938. The summed E-state index contributed by atoms with van der Waals surface area (Å²) in [4.78, 5) is 30.8. The predicted molar refractivity (Wildman–Crippen MR) is 163 cm³/mol. The van der Waals surface area contributed by atoms with Crippen LogP contribution in [0.5, 0.6) is 0 Å². The molecule has 0 spiro atoms. The monoisotopic (exact) mass is 555 g/mol. The van der Waals surface area contributed by atoms with E-state index in [-0.39, 0.29) is 5.78 Å². The normalized spacial score (nSPS) is 11.4. The molecule has 7 rings (SSSR count). The summed E-state index contributed by atoms with van der Waals surface area (Å²) in [5.74, 6) is 0.684. The number of imidazole rings is 1. The first kappa shape index (κ1) is 25.0. The number of carbonyl (C=O) groups is 1. The molecule has 0 unspecified atom stereocenters. The molecule has 5 aromatic heterocycles. The molecule has 5 heterocycles. The van der Waals surface area contributed by atoms with E-state index >= 15 is 0 Å². The smallest absolute Gasteiger partial charge is 0.178 e. The Kier molecular flexibility index (Phi) is 6.42. The minimum Gasteiger partial charge on any atom is -0.335 e. The molecule has 2 aromatic carbocycles. The molecule has 0 bridgehead atoms. The van der Waals surface area contributed by atoms with Crippen LogP contribution in [0.4, 0.5) is 0 Å². The summed E-state index contributed by atoms with van der Waals surface area (Å²) in [6.45, 7) is 3.10. The third-order valence-corrected chi connectivity index (χ3v) is 8.25. The van der Waals surface area contributed by atoms with Crippen molar-refractivity contribution >= 4 is 39.2 Å². The second-order valence-electron chi connectivity index (χ2n) is 9.87. The van der Waals surface area contributed by atoms with Crippen LogP contribution in [0.25, 0.3) is 55.2 Å². The summed E-state index contributed by atoms with van der Waals surface area (Å²) in [6, 6.07) is 24.5. The number of pyridine rings is 2. The van der Waals surface area contributed by atoms with Crippen molar-refractivity contribution in [1.82, 2.24) is 35.5 Å². The van der Waals surface area contributed by atoms with Crippen LogP contribution >= 0.6 is 11.3 Å². The SMILES string of the molecule is CC(=O)c1ccc(-c2ccnc3nc(-c4n[nH]c5ccc(-c6cncc(CNCc7ccccc7)c6)cc45)[nH]c23)s1. The number of Topliss-reactive ketones (excluding diaryl/α,β-unsaturated/α-hetero) is 1. The average Bonchev–Trinajstić information content (AvgIpc) is 3.76. The molecule has 0 saturated carbocycles. The van der Waals surface area contributed by atoms with Crippen molar-refractivity contribution < 1.29 is 4.79 Å². The number of hydrogen-bond acceptors (Lipinski definition) is 7. The van der Waals surface area contributed by atoms with Gasteiger partial charge >= 0.3 is 0 Å². The molecule has 0 fully saturated rings. The molecule has 9 heteroatoms. The molecule has 0 aliphatic rings. The van der Waals surface area contributed by atoms with Crippen LogP contribution in [0.2, 0.25) is 0 Å². The number of fused-ring (bicyclic) bond motifs is 2. The number of benzene rings is 2. The molecule has 0 aliphatic heterocycles. The van der Waals surface area contributed by atoms with Gasteiger partial charge in [-0.3, -0.25) is 14.9 Å². The molecule has 0 atom stereocenters. The number of aromatic nitrogens is 6. The molecule has 41 heavy (non-hydrogen) atoms. The van der Waals surface area contributed by atoms with Crippen molar-refractivity contribution in [2.24, 2.45) is 0 Å². The topological polar surface area (TPSA) is 112 Å². The summed E-state index contributed by atoms with van der Waals surface area (Å²) < 4.78 is 0. The highest BCUT2D eigenvalue weighted by Crippen LogP contribution is 2.35. The summed E-state index contributed by atoms with van der Waals surface area (Å²) in [7, 11) is 0. The highest BCUT2D eigenvalue weighted by atomic mass is 32.1. The minimum atomic E-state index is 0.0554. The Labute approximate surface area is 239 Å². The number of nitrogens with one attached hydrogen (secondary N) is 3. The van der Waals surface area contributed by atoms with Gasteiger partial charge in [-0.25, -0.2) is 9.97 Å². The van der Waals surface area contributed by atoms with E-state index in [4.69, 9.17) is 4.98 Å². The highest BCUT2D eigenvalue weighted by Gasteiger charge is 2.17. The second kappa shape index (κ2) is 10.5. The van der Waals surface area contributed by atoms with E-state index in [0.29, 0.717) is 11.5 Å². The number of carbonyl (C=O) groups excluding carboxylic acids is 1. The molecular formula is C32H25N7OS. The Morgan fingerprint density at radius 2 is 1.80 bits per heavy atom. The predicted octanol–water partition coefficient (Wildman–Crippen LogP) is 6.78. The number of hydrogen-bond donors (Lipinski definition) is 3. The van der Waals surface area contributed by atoms with Crippen molar-refractivity contribution in [3.8, 4) is 33.1 Å². The lowest BCUT2D eigenvalue weighted by Gasteiger charge is -2.07. The van der Waals surface area contributed by atoms with Gasteiger partial charge in [0.25, 0.3) is 0 Å². The molecule has 0 saturated heterocycles. The van der Waals surface area contributed by atoms with E-state index in [9.17, 15) is 4.79 Å². The van der Waals surface area contributed by atoms with E-state index in [1.54, 1.807) is 13.1 Å². The zero-order valence-corrected chi connectivity index (χ0v) is 23.0. The zero-order chi connectivity index (χ0) is 27.8. The first-order valence-corrected chi connectivity index (χ1v) is 14.1. The van der Waals surface area contributed by atoms with E-state index in [2.05, 4.69) is 72.9 Å². The standard InChI is InChI=1S/C32H25N7OS/c1-19(40)27-9-10-28(41-27)24-11-12-35-31-29(24)36-32(37-31)30-25-14-22(7-8-26(25)38-39-30)23-13-21(17-34-18-23)16-33-15-20-5-3-2-4-6-20/h2-14,17-18,33H,15-16H2,1H3,(H,38,39)(H,35,36,37). The van der Waals surface area contributed by atoms with Crippen LogP contribution in [0, 0.1) is 0 Å². The Bertz CT molecular complexity index is 2020. The molecular weight excluding hydrogens is 530 g/mol. The van der Waals surface area contributed by atoms with Crippen molar-refractivity contribution in [2.75, 3.05) is 0 Å². The molecule has 0 radical (unpaired) electrons. The first-order chi connectivity index (χ1) is 20.1. The number of H-pyrrole nitrogens is 2. The Hall–Kier alpha value is -4.99. The van der Waals surface area contributed by atoms with Gasteiger partial charge in [0.15, 0.2) is 17.3 Å². The van der Waals surface area contributed by atoms with Crippen molar-refractivity contribution in [2.45, 2.75) is 20.0 Å². The largest absolute Gasteiger partial charge is 0.335 e. The fourth-order valence-corrected chi connectivity index (χ4v) is 5.90. The minimum absolute atomic E-state index is 0.0554. The average molecular weight is 556 g/mol. The molecule has 200 valence electrons.